The van der Waals surface area contributed by atoms with E-state index in [-0.39, 0.29) is 5.69 Å². The molecule has 2 rings (SSSR count). The highest BCUT2D eigenvalue weighted by Gasteiger charge is 2.01. The van der Waals surface area contributed by atoms with Gasteiger partial charge in [-0.3, -0.25) is 0 Å². The van der Waals surface area contributed by atoms with Gasteiger partial charge in [0.05, 0.1) is 12.4 Å². The van der Waals surface area contributed by atoms with Gasteiger partial charge in [0.25, 0.3) is 0 Å². The van der Waals surface area contributed by atoms with Crippen LogP contribution in [-0.4, -0.2) is 9.97 Å². The number of ether oxygens (including phenoxy) is 1. The number of hydrogen-bond donors (Lipinski definition) is 0. The molecule has 0 saturated heterocycles. The van der Waals surface area contributed by atoms with Crippen molar-refractivity contribution in [2.45, 2.75) is 13.8 Å². The molecule has 0 bridgehead atoms. The highest BCUT2D eigenvalue weighted by atomic mass is 16.5. The van der Waals surface area contributed by atoms with Crippen LogP contribution in [0.1, 0.15) is 16.8 Å². The van der Waals surface area contributed by atoms with Gasteiger partial charge in [0.15, 0.2) is 5.69 Å². The molecule has 1 heterocycles. The average Bonchev–Trinajstić information content (AvgIpc) is 2.28. The number of benzene rings is 1. The highest BCUT2D eigenvalue weighted by molar-refractivity contribution is 5.35. The molecular formula is C13H11N3O. The normalized spacial score (nSPS) is 9.71. The first-order valence-electron chi connectivity index (χ1n) is 5.15. The second kappa shape index (κ2) is 4.62. The molecule has 0 unspecified atom stereocenters. The van der Waals surface area contributed by atoms with E-state index in [9.17, 15) is 0 Å². The van der Waals surface area contributed by atoms with Crippen molar-refractivity contribution in [2.75, 3.05) is 0 Å². The Morgan fingerprint density at radius 3 is 2.29 bits per heavy atom. The van der Waals surface area contributed by atoms with Gasteiger partial charge in [-0.2, -0.15) is 5.26 Å². The standard InChI is InChI=1S/C13H11N3O/c1-9-3-10(2)5-12(4-9)17-13-8-15-11(6-14)7-16-13/h3-5,7-8H,1-2H3. The van der Waals surface area contributed by atoms with Crippen molar-refractivity contribution in [3.8, 4) is 17.7 Å². The zero-order valence-corrected chi connectivity index (χ0v) is 9.64. The topological polar surface area (TPSA) is 58.8 Å². The van der Waals surface area contributed by atoms with E-state index in [1.54, 1.807) is 0 Å². The summed E-state index contributed by atoms with van der Waals surface area (Å²) in [6.45, 7) is 4.01. The van der Waals surface area contributed by atoms with Gasteiger partial charge in [0.1, 0.15) is 11.8 Å². The first-order valence-corrected chi connectivity index (χ1v) is 5.15. The minimum atomic E-state index is 0.276. The Hall–Kier alpha value is -2.41. The summed E-state index contributed by atoms with van der Waals surface area (Å²) in [5.74, 6) is 1.11. The molecule has 0 aliphatic carbocycles. The maximum absolute atomic E-state index is 8.60. The number of aromatic nitrogens is 2. The quantitative estimate of drug-likeness (QED) is 0.788. The molecule has 17 heavy (non-hydrogen) atoms. The Kier molecular flexibility index (Phi) is 3.01. The van der Waals surface area contributed by atoms with Crippen molar-refractivity contribution in [3.05, 3.63) is 47.4 Å². The fraction of sp³-hybridized carbons (Fsp3) is 0.154. The molecule has 0 amide bonds. The highest BCUT2D eigenvalue weighted by Crippen LogP contribution is 2.21. The summed E-state index contributed by atoms with van der Waals surface area (Å²) in [5.41, 5.74) is 2.53. The van der Waals surface area contributed by atoms with E-state index in [0.29, 0.717) is 5.88 Å². The maximum Gasteiger partial charge on any atom is 0.237 e. The van der Waals surface area contributed by atoms with Crippen molar-refractivity contribution in [3.63, 3.8) is 0 Å². The predicted octanol–water partition coefficient (Wildman–Crippen LogP) is 2.76. The molecule has 0 N–H and O–H groups in total. The Labute approximate surface area is 99.5 Å². The molecule has 1 aromatic heterocycles. The number of rotatable bonds is 2. The van der Waals surface area contributed by atoms with Gasteiger partial charge < -0.3 is 4.74 Å². The van der Waals surface area contributed by atoms with Crippen molar-refractivity contribution < 1.29 is 4.74 Å². The van der Waals surface area contributed by atoms with Crippen LogP contribution in [0.5, 0.6) is 11.6 Å². The summed E-state index contributed by atoms with van der Waals surface area (Å²) in [6.07, 6.45) is 2.83. The van der Waals surface area contributed by atoms with E-state index in [2.05, 4.69) is 16.0 Å². The van der Waals surface area contributed by atoms with Crippen LogP contribution in [0.2, 0.25) is 0 Å². The van der Waals surface area contributed by atoms with Crippen molar-refractivity contribution >= 4 is 0 Å². The van der Waals surface area contributed by atoms with Crippen LogP contribution in [0.25, 0.3) is 0 Å². The van der Waals surface area contributed by atoms with Crippen LogP contribution in [-0.2, 0) is 0 Å². The zero-order valence-electron chi connectivity index (χ0n) is 9.64. The molecule has 0 spiro atoms. The molecule has 1 aromatic carbocycles. The Bertz CT molecular complexity index is 550. The lowest BCUT2D eigenvalue weighted by Gasteiger charge is -2.06. The first kappa shape index (κ1) is 11.1. The number of nitriles is 1. The van der Waals surface area contributed by atoms with Gasteiger partial charge in [0, 0.05) is 0 Å². The molecule has 0 saturated carbocycles. The van der Waals surface area contributed by atoms with E-state index in [0.717, 1.165) is 16.9 Å². The number of hydrogen-bond acceptors (Lipinski definition) is 4. The van der Waals surface area contributed by atoms with Gasteiger partial charge in [-0.25, -0.2) is 9.97 Å². The third-order valence-corrected chi connectivity index (χ3v) is 2.16. The minimum absolute atomic E-state index is 0.276. The lowest BCUT2D eigenvalue weighted by atomic mass is 10.1. The number of aryl methyl sites for hydroxylation is 2. The van der Waals surface area contributed by atoms with Gasteiger partial charge >= 0.3 is 0 Å². The summed E-state index contributed by atoms with van der Waals surface area (Å²) in [7, 11) is 0. The number of nitrogens with zero attached hydrogens (tertiary/aromatic N) is 3. The molecule has 0 aliphatic rings. The molecule has 0 fully saturated rings. The van der Waals surface area contributed by atoms with E-state index >= 15 is 0 Å². The van der Waals surface area contributed by atoms with Crippen molar-refractivity contribution in [1.29, 1.82) is 5.26 Å². The monoisotopic (exact) mass is 225 g/mol. The van der Waals surface area contributed by atoms with E-state index in [4.69, 9.17) is 10.00 Å². The van der Waals surface area contributed by atoms with Crippen LogP contribution in [0.3, 0.4) is 0 Å². The SMILES string of the molecule is Cc1cc(C)cc(Oc2cnc(C#N)cn2)c1. The molecule has 0 aliphatic heterocycles. The van der Waals surface area contributed by atoms with Gasteiger partial charge in [-0.1, -0.05) is 6.07 Å². The third kappa shape index (κ3) is 2.79. The Morgan fingerprint density at radius 2 is 1.76 bits per heavy atom. The van der Waals surface area contributed by atoms with Crippen molar-refractivity contribution in [1.82, 2.24) is 9.97 Å². The summed E-state index contributed by atoms with van der Waals surface area (Å²) >= 11 is 0. The molecule has 0 radical (unpaired) electrons. The minimum Gasteiger partial charge on any atom is -0.437 e. The van der Waals surface area contributed by atoms with Crippen LogP contribution < -0.4 is 4.74 Å². The average molecular weight is 225 g/mol. The van der Waals surface area contributed by atoms with E-state index in [1.165, 1.54) is 12.4 Å². The fourth-order valence-electron chi connectivity index (χ4n) is 1.54. The lowest BCUT2D eigenvalue weighted by Crippen LogP contribution is -1.92. The summed E-state index contributed by atoms with van der Waals surface area (Å²) < 4.78 is 5.56. The lowest BCUT2D eigenvalue weighted by molar-refractivity contribution is 0.459. The van der Waals surface area contributed by atoms with Crippen LogP contribution in [0, 0.1) is 25.2 Å². The first-order chi connectivity index (χ1) is 8.17. The Balaban J connectivity index is 2.22. The van der Waals surface area contributed by atoms with Crippen LogP contribution in [0.4, 0.5) is 0 Å². The van der Waals surface area contributed by atoms with E-state index in [1.807, 2.05) is 32.0 Å². The maximum atomic E-state index is 8.60. The molecule has 4 nitrogen and oxygen atoms in total. The van der Waals surface area contributed by atoms with Gasteiger partial charge in [-0.05, 0) is 37.1 Å². The largest absolute Gasteiger partial charge is 0.437 e. The van der Waals surface area contributed by atoms with Crippen molar-refractivity contribution in [2.24, 2.45) is 0 Å². The smallest absolute Gasteiger partial charge is 0.237 e. The molecule has 2 aromatic rings. The molecule has 0 atom stereocenters. The molecule has 4 heteroatoms. The summed E-state index contributed by atoms with van der Waals surface area (Å²) in [5, 5.41) is 8.60. The van der Waals surface area contributed by atoms with Crippen LogP contribution in [0.15, 0.2) is 30.6 Å². The third-order valence-electron chi connectivity index (χ3n) is 2.16. The van der Waals surface area contributed by atoms with Gasteiger partial charge in [-0.15, -0.1) is 0 Å². The predicted molar refractivity (Wildman–Crippen MR) is 62.7 cm³/mol. The van der Waals surface area contributed by atoms with Gasteiger partial charge in [0.2, 0.25) is 5.88 Å². The second-order valence-corrected chi connectivity index (χ2v) is 3.78. The van der Waals surface area contributed by atoms with Crippen LogP contribution >= 0.6 is 0 Å². The summed E-state index contributed by atoms with van der Waals surface area (Å²) in [6, 6.07) is 7.82. The van der Waals surface area contributed by atoms with E-state index < -0.39 is 0 Å². The molecular weight excluding hydrogens is 214 g/mol. The fourth-order valence-corrected chi connectivity index (χ4v) is 1.54. The second-order valence-electron chi connectivity index (χ2n) is 3.78. The molecule has 84 valence electrons. The Morgan fingerprint density at radius 1 is 1.06 bits per heavy atom. The zero-order chi connectivity index (χ0) is 12.3. The summed E-state index contributed by atoms with van der Waals surface area (Å²) in [4.78, 5) is 7.89.